The molecule has 0 bridgehead atoms. The molecule has 9 rings (SSSR count). The van der Waals surface area contributed by atoms with Crippen molar-refractivity contribution in [2.24, 2.45) is 0 Å². The molecule has 0 N–H and O–H groups in total. The summed E-state index contributed by atoms with van der Waals surface area (Å²) in [4.78, 5) is 9.38. The molecule has 2 aromatic heterocycles. The fourth-order valence-corrected chi connectivity index (χ4v) is 5.99. The average Bonchev–Trinajstić information content (AvgIpc) is 3.45. The van der Waals surface area contributed by atoms with E-state index >= 15 is 0 Å². The van der Waals surface area contributed by atoms with Gasteiger partial charge in [-0.1, -0.05) is 42.5 Å². The van der Waals surface area contributed by atoms with Gasteiger partial charge in [-0.3, -0.25) is 4.98 Å². The van der Waals surface area contributed by atoms with Gasteiger partial charge in [-0.2, -0.15) is 0 Å². The molecule has 0 spiro atoms. The Morgan fingerprint density at radius 2 is 1.39 bits per heavy atom. The molecule has 44 heavy (non-hydrogen) atoms. The van der Waals surface area contributed by atoms with E-state index in [1.165, 1.54) is 0 Å². The van der Waals surface area contributed by atoms with E-state index in [-0.39, 0.29) is 27.8 Å². The number of benzene rings is 5. The Balaban J connectivity index is 0.00000289. The molecular formula is C36H20BN3O3Pt. The molecule has 5 aromatic carbocycles. The zero-order valence-electron chi connectivity index (χ0n) is 23.0. The van der Waals surface area contributed by atoms with Gasteiger partial charge >= 0.3 is 21.1 Å². The summed E-state index contributed by atoms with van der Waals surface area (Å²) < 4.78 is 21.1. The summed E-state index contributed by atoms with van der Waals surface area (Å²) in [6.07, 6.45) is 1.70. The molecule has 4 heterocycles. The van der Waals surface area contributed by atoms with Gasteiger partial charge in [0.15, 0.2) is 0 Å². The van der Waals surface area contributed by atoms with Crippen molar-refractivity contribution in [3.8, 4) is 51.7 Å². The van der Waals surface area contributed by atoms with E-state index in [0.717, 1.165) is 61.7 Å². The number of hydrogen-bond donors (Lipinski definition) is 0. The van der Waals surface area contributed by atoms with Crippen LogP contribution in [0.4, 0.5) is 0 Å². The maximum absolute atomic E-state index is 6.44. The first-order valence-electron chi connectivity index (χ1n) is 14.0. The van der Waals surface area contributed by atoms with Crippen LogP contribution < -0.4 is 30.6 Å². The van der Waals surface area contributed by atoms with Gasteiger partial charge in [-0.25, -0.2) is 4.98 Å². The summed E-state index contributed by atoms with van der Waals surface area (Å²) in [5, 5.41) is 0. The van der Waals surface area contributed by atoms with Crippen LogP contribution in [0.1, 0.15) is 0 Å². The summed E-state index contributed by atoms with van der Waals surface area (Å²) in [5.41, 5.74) is 6.51. The first-order valence-corrected chi connectivity index (χ1v) is 14.0. The molecule has 0 radical (unpaired) electrons. The van der Waals surface area contributed by atoms with Crippen LogP contribution in [0.15, 0.2) is 121 Å². The number of nitrogens with zero attached hydrogens (tertiary/aromatic N) is 3. The zero-order chi connectivity index (χ0) is 28.3. The van der Waals surface area contributed by atoms with E-state index in [0.29, 0.717) is 17.4 Å². The molecular weight excluding hydrogens is 728 g/mol. The molecule has 0 amide bonds. The van der Waals surface area contributed by atoms with Gasteiger partial charge < -0.3 is 18.8 Å². The topological polar surface area (TPSA) is 58.4 Å². The predicted molar refractivity (Wildman–Crippen MR) is 166 cm³/mol. The van der Waals surface area contributed by atoms with E-state index in [4.69, 9.17) is 19.2 Å². The van der Waals surface area contributed by atoms with Gasteiger partial charge in [-0.15, -0.1) is 52.9 Å². The number of imidazole rings is 1. The average molecular weight is 748 g/mol. The van der Waals surface area contributed by atoms with Crippen molar-refractivity contribution in [1.29, 1.82) is 0 Å². The molecule has 210 valence electrons. The van der Waals surface area contributed by atoms with Crippen LogP contribution in [0.2, 0.25) is 0 Å². The van der Waals surface area contributed by atoms with Crippen LogP contribution in [0.5, 0.6) is 34.6 Å². The van der Waals surface area contributed by atoms with Crippen LogP contribution in [0.25, 0.3) is 28.1 Å². The number of hydrogen-bond acceptors (Lipinski definition) is 5. The van der Waals surface area contributed by atoms with E-state index in [1.807, 2.05) is 97.1 Å². The molecule has 0 fully saturated rings. The fourth-order valence-electron chi connectivity index (χ4n) is 5.99. The van der Waals surface area contributed by atoms with Gasteiger partial charge in [-0.05, 0) is 42.5 Å². The van der Waals surface area contributed by atoms with Gasteiger partial charge in [0.1, 0.15) is 11.5 Å². The smallest absolute Gasteiger partial charge is 0.518 e. The Labute approximate surface area is 268 Å². The third-order valence-electron chi connectivity index (χ3n) is 7.85. The molecule has 0 saturated heterocycles. The van der Waals surface area contributed by atoms with E-state index in [1.54, 1.807) is 6.20 Å². The maximum atomic E-state index is 6.44. The number of ether oxygens (including phenoxy) is 3. The van der Waals surface area contributed by atoms with Crippen LogP contribution in [-0.2, 0) is 21.1 Å². The van der Waals surface area contributed by atoms with Crippen molar-refractivity contribution in [3.05, 3.63) is 134 Å². The molecule has 0 aliphatic carbocycles. The number of para-hydroxylation sites is 3. The SMILES string of the molecule is [Pt+2].[c-]1c(Oc2ccccn2)ccc2c1B1c3[c-]c(-c4nc5ccccc5n4-c4ccccc4)ccc3Oc3cccc(c31)O2. The summed E-state index contributed by atoms with van der Waals surface area (Å²) >= 11 is 0. The minimum absolute atomic E-state index is 0. The van der Waals surface area contributed by atoms with Gasteiger partial charge in [0.2, 0.25) is 12.6 Å². The molecule has 8 heteroatoms. The van der Waals surface area contributed by atoms with Gasteiger partial charge in [0, 0.05) is 40.7 Å². The monoisotopic (exact) mass is 748 g/mol. The summed E-state index contributed by atoms with van der Waals surface area (Å²) in [6, 6.07) is 44.9. The second-order valence-electron chi connectivity index (χ2n) is 10.4. The van der Waals surface area contributed by atoms with E-state index in [9.17, 15) is 0 Å². The van der Waals surface area contributed by atoms with Gasteiger partial charge in [0.25, 0.3) is 0 Å². The van der Waals surface area contributed by atoms with Crippen molar-refractivity contribution < 1.29 is 35.3 Å². The number of pyridine rings is 1. The van der Waals surface area contributed by atoms with Crippen molar-refractivity contribution in [2.45, 2.75) is 0 Å². The first kappa shape index (κ1) is 26.5. The minimum Gasteiger partial charge on any atom is -0.518 e. The second kappa shape index (κ2) is 10.5. The number of fused-ring (bicyclic) bond motifs is 5. The van der Waals surface area contributed by atoms with Crippen molar-refractivity contribution >= 4 is 34.1 Å². The van der Waals surface area contributed by atoms with Crippen LogP contribution in [-0.4, -0.2) is 21.2 Å². The summed E-state index contributed by atoms with van der Waals surface area (Å²) in [5.74, 6) is 4.81. The molecule has 7 aromatic rings. The Hall–Kier alpha value is -5.13. The Morgan fingerprint density at radius 1 is 0.659 bits per heavy atom. The Morgan fingerprint density at radius 3 is 2.18 bits per heavy atom. The molecule has 2 aliphatic heterocycles. The molecule has 0 atom stereocenters. The van der Waals surface area contributed by atoms with Crippen LogP contribution in [0.3, 0.4) is 0 Å². The Kier molecular flexibility index (Phi) is 6.35. The number of rotatable bonds is 4. The Bertz CT molecular complexity index is 2170. The molecule has 0 saturated carbocycles. The summed E-state index contributed by atoms with van der Waals surface area (Å²) in [7, 11) is 0. The largest absolute Gasteiger partial charge is 2.00 e. The standard InChI is InChI=1S/C36H20BN3O3.Pt/c1-2-9-24(10-3-1)40-29-12-5-4-11-28(29)39-36(40)23-16-18-30-26(21-23)37-27-22-25(41-34-15-6-7-20-38-34)17-19-31(27)43-33-14-8-13-32(42-30)35(33)37;/h1-20H;/q-2;+2. The maximum Gasteiger partial charge on any atom is 2.00 e. The minimum atomic E-state index is -0.236. The van der Waals surface area contributed by atoms with E-state index in [2.05, 4.69) is 39.9 Å². The van der Waals surface area contributed by atoms with Crippen LogP contribution >= 0.6 is 0 Å². The summed E-state index contributed by atoms with van der Waals surface area (Å²) in [6.45, 7) is -0.236. The van der Waals surface area contributed by atoms with Gasteiger partial charge in [0.05, 0.1) is 16.9 Å². The normalized spacial score (nSPS) is 12.2. The van der Waals surface area contributed by atoms with Crippen molar-refractivity contribution in [3.63, 3.8) is 0 Å². The van der Waals surface area contributed by atoms with Crippen molar-refractivity contribution in [2.75, 3.05) is 0 Å². The number of aromatic nitrogens is 3. The fraction of sp³-hybridized carbons (Fsp3) is 0. The second-order valence-corrected chi connectivity index (χ2v) is 10.4. The molecule has 6 nitrogen and oxygen atoms in total. The molecule has 2 aliphatic rings. The van der Waals surface area contributed by atoms with Crippen LogP contribution in [0, 0.1) is 12.1 Å². The quantitative estimate of drug-likeness (QED) is 0.159. The van der Waals surface area contributed by atoms with E-state index < -0.39 is 0 Å². The van der Waals surface area contributed by atoms with Crippen molar-refractivity contribution in [1.82, 2.24) is 14.5 Å². The zero-order valence-corrected chi connectivity index (χ0v) is 25.3. The third-order valence-corrected chi connectivity index (χ3v) is 7.85. The third kappa shape index (κ3) is 4.23. The predicted octanol–water partition coefficient (Wildman–Crippen LogP) is 6.21. The first-order chi connectivity index (χ1) is 21.3. The molecule has 0 unspecified atom stereocenters.